The average Bonchev–Trinajstić information content (AvgIpc) is 2.15. The largest absolute Gasteiger partial charge is 0.384 e. The monoisotopic (exact) mass is 218 g/mol. The Kier molecular flexibility index (Phi) is 3.93. The molecule has 0 aliphatic rings. The van der Waals surface area contributed by atoms with Gasteiger partial charge in [-0.3, -0.25) is 0 Å². The van der Waals surface area contributed by atoms with Gasteiger partial charge in [-0.2, -0.15) is 0 Å². The summed E-state index contributed by atoms with van der Waals surface area (Å²) in [5.41, 5.74) is 3.42. The second kappa shape index (κ2) is 4.84. The molecular weight excluding hydrogens is 196 g/mol. The van der Waals surface area contributed by atoms with Crippen molar-refractivity contribution in [3.8, 4) is 0 Å². The molecule has 0 radical (unpaired) electrons. The topological polar surface area (TPSA) is 20.2 Å². The molecule has 1 unspecified atom stereocenters. The molecule has 1 aromatic carbocycles. The lowest BCUT2D eigenvalue weighted by Crippen LogP contribution is -2.15. The maximum Gasteiger partial charge on any atom is 0.0977 e. The molecule has 0 saturated carbocycles. The Balaban J connectivity index is 3.19. The zero-order valence-corrected chi connectivity index (χ0v) is 10.9. The minimum Gasteiger partial charge on any atom is -0.384 e. The van der Waals surface area contributed by atoms with Gasteiger partial charge in [0.2, 0.25) is 0 Å². The highest BCUT2D eigenvalue weighted by Gasteiger charge is 2.20. The zero-order valence-electron chi connectivity index (χ0n) is 10.9. The Bertz CT molecular complexity index is 379. The van der Waals surface area contributed by atoms with Gasteiger partial charge in [0.05, 0.1) is 6.10 Å². The SMILES string of the molecule is CC(C)=CC(O)c1ccccc1C(C)(C)C. The maximum atomic E-state index is 10.2. The van der Waals surface area contributed by atoms with Crippen LogP contribution in [0.3, 0.4) is 0 Å². The van der Waals surface area contributed by atoms with Gasteiger partial charge in [-0.25, -0.2) is 0 Å². The molecule has 0 spiro atoms. The van der Waals surface area contributed by atoms with Crippen LogP contribution in [-0.4, -0.2) is 5.11 Å². The molecule has 0 saturated heterocycles. The molecular formula is C15H22O. The molecule has 0 aliphatic carbocycles. The third-order valence-electron chi connectivity index (χ3n) is 2.58. The van der Waals surface area contributed by atoms with E-state index in [9.17, 15) is 5.11 Å². The third-order valence-corrected chi connectivity index (χ3v) is 2.58. The quantitative estimate of drug-likeness (QED) is 0.744. The van der Waals surface area contributed by atoms with E-state index in [4.69, 9.17) is 0 Å². The minimum absolute atomic E-state index is 0.0626. The fourth-order valence-electron chi connectivity index (χ4n) is 1.84. The lowest BCUT2D eigenvalue weighted by molar-refractivity contribution is 0.225. The highest BCUT2D eigenvalue weighted by atomic mass is 16.3. The average molecular weight is 218 g/mol. The molecule has 0 amide bonds. The van der Waals surface area contributed by atoms with Crippen molar-refractivity contribution in [1.29, 1.82) is 0 Å². The molecule has 0 aliphatic heterocycles. The van der Waals surface area contributed by atoms with Crippen molar-refractivity contribution < 1.29 is 5.11 Å². The number of aliphatic hydroxyl groups is 1. The first-order chi connectivity index (χ1) is 7.32. The summed E-state index contributed by atoms with van der Waals surface area (Å²) < 4.78 is 0. The van der Waals surface area contributed by atoms with Crippen molar-refractivity contribution >= 4 is 0 Å². The standard InChI is InChI=1S/C15H22O/c1-11(2)10-14(16)12-8-6-7-9-13(12)15(3,4)5/h6-10,14,16H,1-5H3. The molecule has 1 aromatic rings. The summed E-state index contributed by atoms with van der Waals surface area (Å²) in [6.45, 7) is 10.5. The summed E-state index contributed by atoms with van der Waals surface area (Å²) in [5, 5.41) is 10.2. The molecule has 0 aromatic heterocycles. The van der Waals surface area contributed by atoms with Crippen LogP contribution in [0.5, 0.6) is 0 Å². The Morgan fingerprint density at radius 2 is 1.75 bits per heavy atom. The van der Waals surface area contributed by atoms with Crippen LogP contribution in [0.25, 0.3) is 0 Å². The lowest BCUT2D eigenvalue weighted by Gasteiger charge is -2.24. The van der Waals surface area contributed by atoms with Crippen LogP contribution in [-0.2, 0) is 5.41 Å². The van der Waals surface area contributed by atoms with Crippen molar-refractivity contribution in [2.75, 3.05) is 0 Å². The van der Waals surface area contributed by atoms with Crippen LogP contribution in [0.15, 0.2) is 35.9 Å². The van der Waals surface area contributed by atoms with E-state index in [-0.39, 0.29) is 5.41 Å². The number of rotatable bonds is 2. The summed E-state index contributed by atoms with van der Waals surface area (Å²) in [6.07, 6.45) is 1.39. The van der Waals surface area contributed by atoms with E-state index >= 15 is 0 Å². The van der Waals surface area contributed by atoms with Gasteiger partial charge in [0.1, 0.15) is 0 Å². The molecule has 1 rings (SSSR count). The van der Waals surface area contributed by atoms with Gasteiger partial charge in [0.25, 0.3) is 0 Å². The van der Waals surface area contributed by atoms with Crippen molar-refractivity contribution in [1.82, 2.24) is 0 Å². The third kappa shape index (κ3) is 3.21. The molecule has 0 fully saturated rings. The van der Waals surface area contributed by atoms with E-state index in [2.05, 4.69) is 26.8 Å². The van der Waals surface area contributed by atoms with Crippen LogP contribution in [0.4, 0.5) is 0 Å². The fourth-order valence-corrected chi connectivity index (χ4v) is 1.84. The van der Waals surface area contributed by atoms with E-state index in [0.29, 0.717) is 0 Å². The normalized spacial score (nSPS) is 13.4. The molecule has 16 heavy (non-hydrogen) atoms. The Labute approximate surface area is 98.8 Å². The number of allylic oxidation sites excluding steroid dienone is 1. The Morgan fingerprint density at radius 1 is 1.19 bits per heavy atom. The summed E-state index contributed by atoms with van der Waals surface area (Å²) in [5.74, 6) is 0. The van der Waals surface area contributed by atoms with Crippen LogP contribution in [0, 0.1) is 0 Å². The van der Waals surface area contributed by atoms with Gasteiger partial charge >= 0.3 is 0 Å². The van der Waals surface area contributed by atoms with E-state index < -0.39 is 6.10 Å². The van der Waals surface area contributed by atoms with Gasteiger partial charge < -0.3 is 5.11 Å². The highest BCUT2D eigenvalue weighted by molar-refractivity contribution is 5.36. The first kappa shape index (κ1) is 13.0. The van der Waals surface area contributed by atoms with Crippen LogP contribution >= 0.6 is 0 Å². The molecule has 88 valence electrons. The smallest absolute Gasteiger partial charge is 0.0977 e. The van der Waals surface area contributed by atoms with E-state index in [1.54, 1.807) is 0 Å². The van der Waals surface area contributed by atoms with Gasteiger partial charge in [0.15, 0.2) is 0 Å². The summed E-state index contributed by atoms with van der Waals surface area (Å²) in [7, 11) is 0. The summed E-state index contributed by atoms with van der Waals surface area (Å²) in [4.78, 5) is 0. The number of hydrogen-bond donors (Lipinski definition) is 1. The van der Waals surface area contributed by atoms with E-state index in [1.165, 1.54) is 5.56 Å². The second-order valence-corrected chi connectivity index (χ2v) is 5.53. The van der Waals surface area contributed by atoms with Crippen molar-refractivity contribution in [2.45, 2.75) is 46.1 Å². The molecule has 1 heteroatoms. The van der Waals surface area contributed by atoms with E-state index in [1.807, 2.05) is 38.1 Å². The van der Waals surface area contributed by atoms with Crippen molar-refractivity contribution in [3.63, 3.8) is 0 Å². The highest BCUT2D eigenvalue weighted by Crippen LogP contribution is 2.30. The molecule has 0 heterocycles. The first-order valence-corrected chi connectivity index (χ1v) is 5.75. The molecule has 0 bridgehead atoms. The number of aliphatic hydroxyl groups excluding tert-OH is 1. The fraction of sp³-hybridized carbons (Fsp3) is 0.467. The second-order valence-electron chi connectivity index (χ2n) is 5.53. The van der Waals surface area contributed by atoms with Crippen LogP contribution in [0.1, 0.15) is 51.8 Å². The minimum atomic E-state index is -0.500. The van der Waals surface area contributed by atoms with Crippen LogP contribution < -0.4 is 0 Å². The Hall–Kier alpha value is -1.08. The van der Waals surface area contributed by atoms with Gasteiger partial charge in [-0.05, 0) is 30.4 Å². The van der Waals surface area contributed by atoms with Gasteiger partial charge in [0, 0.05) is 0 Å². The predicted molar refractivity (Wildman–Crippen MR) is 69.5 cm³/mol. The molecule has 1 atom stereocenters. The van der Waals surface area contributed by atoms with Gasteiger partial charge in [-0.1, -0.05) is 56.7 Å². The van der Waals surface area contributed by atoms with Gasteiger partial charge in [-0.15, -0.1) is 0 Å². The number of benzene rings is 1. The first-order valence-electron chi connectivity index (χ1n) is 5.75. The Morgan fingerprint density at radius 3 is 2.25 bits per heavy atom. The summed E-state index contributed by atoms with van der Waals surface area (Å²) >= 11 is 0. The lowest BCUT2D eigenvalue weighted by atomic mass is 9.82. The van der Waals surface area contributed by atoms with E-state index in [0.717, 1.165) is 11.1 Å². The predicted octanol–water partition coefficient (Wildman–Crippen LogP) is 3.98. The zero-order chi connectivity index (χ0) is 12.3. The van der Waals surface area contributed by atoms with Crippen molar-refractivity contribution in [2.24, 2.45) is 0 Å². The summed E-state index contributed by atoms with van der Waals surface area (Å²) in [6, 6.07) is 8.11. The maximum absolute atomic E-state index is 10.2. The van der Waals surface area contributed by atoms with Crippen LogP contribution in [0.2, 0.25) is 0 Å². The van der Waals surface area contributed by atoms with Crippen molar-refractivity contribution in [3.05, 3.63) is 47.0 Å². The molecule has 1 N–H and O–H groups in total. The number of hydrogen-bond acceptors (Lipinski definition) is 1. The molecule has 1 nitrogen and oxygen atoms in total.